The average molecular weight is 425 g/mol. The Morgan fingerprint density at radius 2 is 1.83 bits per heavy atom. The molecule has 162 valence electrons. The van der Waals surface area contributed by atoms with E-state index in [2.05, 4.69) is 10.1 Å². The van der Waals surface area contributed by atoms with Crippen LogP contribution in [0.25, 0.3) is 12.2 Å². The Morgan fingerprint density at radius 1 is 1.10 bits per heavy atom. The number of ether oxygens (including phenoxy) is 3. The van der Waals surface area contributed by atoms with Crippen LogP contribution in [0.4, 0.5) is 13.2 Å². The molecule has 0 saturated heterocycles. The van der Waals surface area contributed by atoms with Crippen molar-refractivity contribution >= 4 is 18.1 Å². The maximum atomic E-state index is 12.3. The number of rotatable bonds is 10. The number of aliphatic hydroxyl groups is 1. The largest absolute Gasteiger partial charge is 0.573 e. The summed E-state index contributed by atoms with van der Waals surface area (Å²) in [6, 6.07) is 10.3. The lowest BCUT2D eigenvalue weighted by Gasteiger charge is -2.10. The molecule has 0 bridgehead atoms. The van der Waals surface area contributed by atoms with Gasteiger partial charge < -0.3 is 24.6 Å². The second kappa shape index (κ2) is 11.2. The first kappa shape index (κ1) is 23.2. The maximum absolute atomic E-state index is 12.3. The zero-order valence-electron chi connectivity index (χ0n) is 16.2. The summed E-state index contributed by atoms with van der Waals surface area (Å²) < 4.78 is 50.9. The molecule has 0 heterocycles. The number of carbonyl (C=O) groups excluding carboxylic acids is 1. The summed E-state index contributed by atoms with van der Waals surface area (Å²) in [6.45, 7) is 0.697. The van der Waals surface area contributed by atoms with Gasteiger partial charge in [-0.25, -0.2) is 0 Å². The predicted molar refractivity (Wildman–Crippen MR) is 105 cm³/mol. The molecule has 9 heteroatoms. The van der Waals surface area contributed by atoms with Crippen LogP contribution in [0.15, 0.2) is 42.5 Å². The van der Waals surface area contributed by atoms with Crippen LogP contribution in [0.1, 0.15) is 21.5 Å². The molecular formula is C21H22F3NO5. The molecule has 0 atom stereocenters. The summed E-state index contributed by atoms with van der Waals surface area (Å²) in [7, 11) is 1.49. The summed E-state index contributed by atoms with van der Waals surface area (Å²) in [4.78, 5) is 12.3. The monoisotopic (exact) mass is 425 g/mol. The Morgan fingerprint density at radius 3 is 2.47 bits per heavy atom. The first-order chi connectivity index (χ1) is 14.3. The van der Waals surface area contributed by atoms with Crippen LogP contribution in [0.2, 0.25) is 0 Å². The van der Waals surface area contributed by atoms with Crippen LogP contribution < -0.4 is 14.8 Å². The Labute approximate surface area is 171 Å². The number of amides is 1. The van der Waals surface area contributed by atoms with E-state index in [1.165, 1.54) is 31.4 Å². The molecule has 0 radical (unpaired) electrons. The number of aliphatic hydroxyl groups excluding tert-OH is 1. The van der Waals surface area contributed by atoms with Crippen molar-refractivity contribution in [3.63, 3.8) is 0 Å². The van der Waals surface area contributed by atoms with E-state index in [1.54, 1.807) is 30.4 Å². The van der Waals surface area contributed by atoms with Crippen molar-refractivity contribution < 1.29 is 37.3 Å². The molecule has 6 nitrogen and oxygen atoms in total. The molecule has 0 aliphatic rings. The fraction of sp³-hybridized carbons (Fsp3) is 0.286. The average Bonchev–Trinajstić information content (AvgIpc) is 2.71. The Kier molecular flexibility index (Phi) is 8.70. The van der Waals surface area contributed by atoms with Crippen LogP contribution >= 0.6 is 0 Å². The van der Waals surface area contributed by atoms with Gasteiger partial charge in [-0.05, 0) is 35.9 Å². The molecule has 0 spiro atoms. The van der Waals surface area contributed by atoms with Crippen LogP contribution in [-0.4, -0.2) is 50.9 Å². The van der Waals surface area contributed by atoms with Crippen molar-refractivity contribution in [1.82, 2.24) is 5.32 Å². The lowest BCUT2D eigenvalue weighted by Crippen LogP contribution is -2.27. The van der Waals surface area contributed by atoms with E-state index in [0.29, 0.717) is 29.0 Å². The normalized spacial score (nSPS) is 11.5. The minimum atomic E-state index is -4.74. The van der Waals surface area contributed by atoms with Gasteiger partial charge in [0, 0.05) is 17.7 Å². The van der Waals surface area contributed by atoms with Crippen molar-refractivity contribution in [2.75, 3.05) is 33.5 Å². The third-order valence-electron chi connectivity index (χ3n) is 3.83. The minimum absolute atomic E-state index is 0.0831. The standard InChI is InChI=1S/C21H22F3NO5/c1-28-19-9-6-17(20(27)25-10-12-29-13-11-26)14-16(19)5-2-15-3-7-18(8-4-15)30-21(22,23)24/h2-9,14,26H,10-13H2,1H3,(H,25,27)/b5-2+. The third kappa shape index (κ3) is 7.76. The molecule has 2 rings (SSSR count). The van der Waals surface area contributed by atoms with Gasteiger partial charge in [0.2, 0.25) is 0 Å². The molecule has 0 aromatic heterocycles. The second-order valence-electron chi connectivity index (χ2n) is 6.00. The van der Waals surface area contributed by atoms with Gasteiger partial charge in [-0.2, -0.15) is 0 Å². The second-order valence-corrected chi connectivity index (χ2v) is 6.00. The molecule has 0 unspecified atom stereocenters. The van der Waals surface area contributed by atoms with Gasteiger partial charge in [0.25, 0.3) is 5.91 Å². The number of alkyl halides is 3. The summed E-state index contributed by atoms with van der Waals surface area (Å²) in [6.07, 6.45) is -1.37. The van der Waals surface area contributed by atoms with Crippen molar-refractivity contribution in [1.29, 1.82) is 0 Å². The number of benzene rings is 2. The van der Waals surface area contributed by atoms with Gasteiger partial charge in [0.05, 0.1) is 26.9 Å². The third-order valence-corrected chi connectivity index (χ3v) is 3.83. The summed E-state index contributed by atoms with van der Waals surface area (Å²) in [5, 5.41) is 11.3. The number of hydrogen-bond donors (Lipinski definition) is 2. The number of nitrogens with one attached hydrogen (secondary N) is 1. The van der Waals surface area contributed by atoms with E-state index in [1.807, 2.05) is 0 Å². The van der Waals surface area contributed by atoms with Crippen molar-refractivity contribution in [3.8, 4) is 11.5 Å². The molecule has 1 amide bonds. The highest BCUT2D eigenvalue weighted by Crippen LogP contribution is 2.25. The van der Waals surface area contributed by atoms with Crippen molar-refractivity contribution in [2.45, 2.75) is 6.36 Å². The van der Waals surface area contributed by atoms with Gasteiger partial charge in [-0.1, -0.05) is 24.3 Å². The van der Waals surface area contributed by atoms with Crippen LogP contribution in [0.3, 0.4) is 0 Å². The lowest BCUT2D eigenvalue weighted by molar-refractivity contribution is -0.274. The smallest absolute Gasteiger partial charge is 0.496 e. The quantitative estimate of drug-likeness (QED) is 0.450. The van der Waals surface area contributed by atoms with Crippen LogP contribution in [0.5, 0.6) is 11.5 Å². The number of halogens is 3. The Hall–Kier alpha value is -3.04. The van der Waals surface area contributed by atoms with E-state index in [0.717, 1.165) is 0 Å². The number of carbonyl (C=O) groups is 1. The molecule has 2 N–H and O–H groups in total. The summed E-state index contributed by atoms with van der Waals surface area (Å²) in [5.74, 6) is -0.0708. The number of hydrogen-bond acceptors (Lipinski definition) is 5. The number of methoxy groups -OCH3 is 1. The predicted octanol–water partition coefficient (Wildman–Crippen LogP) is 3.50. The molecule has 30 heavy (non-hydrogen) atoms. The Bertz CT molecular complexity index is 851. The zero-order chi connectivity index (χ0) is 22.0. The molecule has 0 fully saturated rings. The minimum Gasteiger partial charge on any atom is -0.496 e. The topological polar surface area (TPSA) is 77.0 Å². The maximum Gasteiger partial charge on any atom is 0.573 e. The first-order valence-electron chi connectivity index (χ1n) is 9.01. The van der Waals surface area contributed by atoms with E-state index in [-0.39, 0.29) is 31.5 Å². The van der Waals surface area contributed by atoms with Gasteiger partial charge in [-0.3, -0.25) is 4.79 Å². The molecule has 0 saturated carbocycles. The fourth-order valence-corrected chi connectivity index (χ4v) is 2.48. The molecular weight excluding hydrogens is 403 g/mol. The molecule has 2 aromatic carbocycles. The fourth-order valence-electron chi connectivity index (χ4n) is 2.48. The Balaban J connectivity index is 2.06. The van der Waals surface area contributed by atoms with Gasteiger partial charge in [-0.15, -0.1) is 13.2 Å². The van der Waals surface area contributed by atoms with Gasteiger partial charge in [0.15, 0.2) is 0 Å². The first-order valence-corrected chi connectivity index (χ1v) is 9.01. The van der Waals surface area contributed by atoms with Crippen molar-refractivity contribution in [2.24, 2.45) is 0 Å². The molecule has 2 aromatic rings. The highest BCUT2D eigenvalue weighted by molar-refractivity contribution is 5.95. The van der Waals surface area contributed by atoms with E-state index < -0.39 is 6.36 Å². The lowest BCUT2D eigenvalue weighted by atomic mass is 10.1. The highest BCUT2D eigenvalue weighted by atomic mass is 19.4. The highest BCUT2D eigenvalue weighted by Gasteiger charge is 2.30. The van der Waals surface area contributed by atoms with E-state index >= 15 is 0 Å². The van der Waals surface area contributed by atoms with Gasteiger partial charge >= 0.3 is 6.36 Å². The summed E-state index contributed by atoms with van der Waals surface area (Å²) >= 11 is 0. The SMILES string of the molecule is COc1ccc(C(=O)NCCOCCO)cc1/C=C/c1ccc(OC(F)(F)F)cc1. The van der Waals surface area contributed by atoms with E-state index in [4.69, 9.17) is 14.6 Å². The summed E-state index contributed by atoms with van der Waals surface area (Å²) in [5.41, 5.74) is 1.67. The van der Waals surface area contributed by atoms with E-state index in [9.17, 15) is 18.0 Å². The van der Waals surface area contributed by atoms with Crippen molar-refractivity contribution in [3.05, 3.63) is 59.2 Å². The molecule has 0 aliphatic heterocycles. The van der Waals surface area contributed by atoms with Gasteiger partial charge in [0.1, 0.15) is 11.5 Å². The molecule has 0 aliphatic carbocycles. The van der Waals surface area contributed by atoms with Crippen LogP contribution in [0, 0.1) is 0 Å². The zero-order valence-corrected chi connectivity index (χ0v) is 16.2. The van der Waals surface area contributed by atoms with Crippen LogP contribution in [-0.2, 0) is 4.74 Å².